The highest BCUT2D eigenvalue weighted by molar-refractivity contribution is 7.09. The number of thiophene rings is 1. The second-order valence-electron chi connectivity index (χ2n) is 6.66. The molecule has 1 aromatic heterocycles. The number of amides is 1. The Morgan fingerprint density at radius 3 is 2.91 bits per heavy atom. The van der Waals surface area contributed by atoms with Crippen LogP contribution >= 0.6 is 11.3 Å². The molecule has 0 unspecified atom stereocenters. The molecule has 3 heterocycles. The lowest BCUT2D eigenvalue weighted by Crippen LogP contribution is -2.53. The lowest BCUT2D eigenvalue weighted by molar-refractivity contribution is -0.134. The van der Waals surface area contributed by atoms with Crippen molar-refractivity contribution in [1.82, 2.24) is 10.2 Å². The monoisotopic (exact) mass is 322 g/mol. The minimum Gasteiger partial charge on any atom is -0.396 e. The van der Waals surface area contributed by atoms with Crippen LogP contribution in [-0.2, 0) is 11.2 Å². The largest absolute Gasteiger partial charge is 0.396 e. The lowest BCUT2D eigenvalue weighted by Gasteiger charge is -2.49. The molecule has 1 atom stereocenters. The number of carbonyl (C=O) groups is 1. The Hall–Kier alpha value is -0.910. The van der Waals surface area contributed by atoms with Gasteiger partial charge in [0.25, 0.3) is 0 Å². The molecule has 0 bridgehead atoms. The van der Waals surface area contributed by atoms with E-state index in [9.17, 15) is 9.90 Å². The second kappa shape index (κ2) is 7.11. The standard InChI is InChI=1S/C17H26N2O2S/c20-13-14-12-18-8-5-17(14)6-9-19(10-7-17)16(21)4-3-15-2-1-11-22-15/h1-2,11,14,18,20H,3-10,12-13H2/t14-/m0/s1. The number of hydrogen-bond acceptors (Lipinski definition) is 4. The first-order chi connectivity index (χ1) is 10.7. The number of nitrogens with one attached hydrogen (secondary N) is 1. The molecule has 0 radical (unpaired) electrons. The highest BCUT2D eigenvalue weighted by Crippen LogP contribution is 2.43. The average Bonchev–Trinajstić information content (AvgIpc) is 3.07. The third-order valence-corrected chi connectivity index (χ3v) is 6.49. The van der Waals surface area contributed by atoms with Gasteiger partial charge in [0.05, 0.1) is 0 Å². The fraction of sp³-hybridized carbons (Fsp3) is 0.706. The smallest absolute Gasteiger partial charge is 0.222 e. The SMILES string of the molecule is O=C(CCc1cccs1)N1CCC2(CCNC[C@H]2CO)CC1. The molecule has 2 fully saturated rings. The predicted molar refractivity (Wildman–Crippen MR) is 88.9 cm³/mol. The number of hydrogen-bond donors (Lipinski definition) is 2. The quantitative estimate of drug-likeness (QED) is 0.890. The summed E-state index contributed by atoms with van der Waals surface area (Å²) < 4.78 is 0. The summed E-state index contributed by atoms with van der Waals surface area (Å²) >= 11 is 1.73. The molecule has 22 heavy (non-hydrogen) atoms. The van der Waals surface area contributed by atoms with Crippen LogP contribution in [0.4, 0.5) is 0 Å². The number of nitrogens with zero attached hydrogens (tertiary/aromatic N) is 1. The number of likely N-dealkylation sites (tertiary alicyclic amines) is 1. The van der Waals surface area contributed by atoms with Crippen LogP contribution in [0.15, 0.2) is 17.5 Å². The van der Waals surface area contributed by atoms with Crippen LogP contribution < -0.4 is 5.32 Å². The van der Waals surface area contributed by atoms with Gasteiger partial charge in [-0.3, -0.25) is 4.79 Å². The first-order valence-corrected chi connectivity index (χ1v) is 9.23. The van der Waals surface area contributed by atoms with Gasteiger partial charge < -0.3 is 15.3 Å². The molecule has 2 N–H and O–H groups in total. The molecule has 0 aromatic carbocycles. The topological polar surface area (TPSA) is 52.6 Å². The molecule has 0 saturated carbocycles. The van der Waals surface area contributed by atoms with Crippen molar-refractivity contribution >= 4 is 17.2 Å². The molecule has 2 saturated heterocycles. The van der Waals surface area contributed by atoms with E-state index in [0.717, 1.165) is 51.9 Å². The van der Waals surface area contributed by atoms with Crippen LogP contribution in [0.1, 0.15) is 30.6 Å². The van der Waals surface area contributed by atoms with E-state index >= 15 is 0 Å². The summed E-state index contributed by atoms with van der Waals surface area (Å²) in [6, 6.07) is 4.14. The van der Waals surface area contributed by atoms with Gasteiger partial charge in [-0.1, -0.05) is 6.07 Å². The number of aryl methyl sites for hydroxylation is 1. The predicted octanol–water partition coefficient (Wildman–Crippen LogP) is 1.89. The number of aliphatic hydroxyl groups excluding tert-OH is 1. The lowest BCUT2D eigenvalue weighted by atomic mass is 9.65. The molecular formula is C17H26N2O2S. The van der Waals surface area contributed by atoms with Gasteiger partial charge in [-0.05, 0) is 49.1 Å². The summed E-state index contributed by atoms with van der Waals surface area (Å²) in [4.78, 5) is 15.7. The minimum absolute atomic E-state index is 0.254. The van der Waals surface area contributed by atoms with E-state index in [2.05, 4.69) is 16.8 Å². The second-order valence-corrected chi connectivity index (χ2v) is 7.69. The minimum atomic E-state index is 0.254. The van der Waals surface area contributed by atoms with Crippen LogP contribution in [0.3, 0.4) is 0 Å². The highest BCUT2D eigenvalue weighted by atomic mass is 32.1. The molecule has 2 aliphatic heterocycles. The van der Waals surface area contributed by atoms with E-state index in [1.165, 1.54) is 4.88 Å². The van der Waals surface area contributed by atoms with Gasteiger partial charge >= 0.3 is 0 Å². The van der Waals surface area contributed by atoms with Crippen LogP contribution in [0.5, 0.6) is 0 Å². The van der Waals surface area contributed by atoms with Crippen LogP contribution in [0.25, 0.3) is 0 Å². The summed E-state index contributed by atoms with van der Waals surface area (Å²) in [6.07, 6.45) is 4.71. The van der Waals surface area contributed by atoms with Crippen LogP contribution in [0.2, 0.25) is 0 Å². The molecule has 1 spiro atoms. The molecule has 122 valence electrons. The van der Waals surface area contributed by atoms with Crippen molar-refractivity contribution in [3.8, 4) is 0 Å². The first kappa shape index (κ1) is 16.0. The summed E-state index contributed by atoms with van der Waals surface area (Å²) in [7, 11) is 0. The van der Waals surface area contributed by atoms with Crippen LogP contribution in [-0.4, -0.2) is 48.7 Å². The zero-order valence-corrected chi connectivity index (χ0v) is 13.9. The first-order valence-electron chi connectivity index (χ1n) is 8.35. The van der Waals surface area contributed by atoms with Gasteiger partial charge in [0.1, 0.15) is 0 Å². The van der Waals surface area contributed by atoms with Crippen molar-refractivity contribution in [2.75, 3.05) is 32.8 Å². The van der Waals surface area contributed by atoms with E-state index in [1.807, 2.05) is 11.0 Å². The molecule has 3 rings (SSSR count). The van der Waals surface area contributed by atoms with Gasteiger partial charge in [0, 0.05) is 43.5 Å². The van der Waals surface area contributed by atoms with Crippen molar-refractivity contribution in [2.45, 2.75) is 32.1 Å². The molecule has 4 nitrogen and oxygen atoms in total. The Morgan fingerprint density at radius 2 is 2.23 bits per heavy atom. The molecule has 0 aliphatic carbocycles. The average molecular weight is 322 g/mol. The van der Waals surface area contributed by atoms with Crippen molar-refractivity contribution in [2.24, 2.45) is 11.3 Å². The fourth-order valence-corrected chi connectivity index (χ4v) is 4.70. The van der Waals surface area contributed by atoms with Crippen molar-refractivity contribution in [3.63, 3.8) is 0 Å². The summed E-state index contributed by atoms with van der Waals surface area (Å²) in [6.45, 7) is 3.95. The fourth-order valence-electron chi connectivity index (χ4n) is 4.00. The van der Waals surface area contributed by atoms with E-state index in [1.54, 1.807) is 11.3 Å². The zero-order valence-electron chi connectivity index (χ0n) is 13.1. The highest BCUT2D eigenvalue weighted by Gasteiger charge is 2.43. The van der Waals surface area contributed by atoms with Gasteiger partial charge in [-0.15, -0.1) is 11.3 Å². The Morgan fingerprint density at radius 1 is 1.41 bits per heavy atom. The van der Waals surface area contributed by atoms with Gasteiger partial charge in [-0.25, -0.2) is 0 Å². The number of piperidine rings is 2. The molecule has 1 amide bonds. The maximum atomic E-state index is 12.4. The van der Waals surface area contributed by atoms with E-state index in [-0.39, 0.29) is 17.9 Å². The maximum absolute atomic E-state index is 12.4. The van der Waals surface area contributed by atoms with Gasteiger partial charge in [0.15, 0.2) is 0 Å². The molecule has 2 aliphatic rings. The number of aliphatic hydroxyl groups is 1. The van der Waals surface area contributed by atoms with E-state index in [0.29, 0.717) is 12.3 Å². The number of carbonyl (C=O) groups excluding carboxylic acids is 1. The third kappa shape index (κ3) is 3.36. The van der Waals surface area contributed by atoms with Crippen molar-refractivity contribution in [1.29, 1.82) is 0 Å². The summed E-state index contributed by atoms with van der Waals surface area (Å²) in [5.74, 6) is 0.641. The normalized spacial score (nSPS) is 24.6. The Labute approximate surface area is 136 Å². The summed E-state index contributed by atoms with van der Waals surface area (Å²) in [5.41, 5.74) is 0.254. The van der Waals surface area contributed by atoms with Gasteiger partial charge in [0.2, 0.25) is 5.91 Å². The third-order valence-electron chi connectivity index (χ3n) is 5.55. The summed E-state index contributed by atoms with van der Waals surface area (Å²) in [5, 5.41) is 15.1. The van der Waals surface area contributed by atoms with Crippen LogP contribution in [0, 0.1) is 11.3 Å². The maximum Gasteiger partial charge on any atom is 0.222 e. The van der Waals surface area contributed by atoms with Gasteiger partial charge in [-0.2, -0.15) is 0 Å². The molecule has 1 aromatic rings. The molecular weight excluding hydrogens is 296 g/mol. The van der Waals surface area contributed by atoms with Crippen molar-refractivity contribution < 1.29 is 9.90 Å². The van der Waals surface area contributed by atoms with E-state index in [4.69, 9.17) is 0 Å². The van der Waals surface area contributed by atoms with E-state index < -0.39 is 0 Å². The Bertz CT molecular complexity index is 481. The Balaban J connectivity index is 1.51. The van der Waals surface area contributed by atoms with Crippen molar-refractivity contribution in [3.05, 3.63) is 22.4 Å². The zero-order chi connectivity index (χ0) is 15.4. The number of rotatable bonds is 4. The molecule has 5 heteroatoms. The Kier molecular flexibility index (Phi) is 5.16.